The molecule has 0 saturated carbocycles. The van der Waals surface area contributed by atoms with Gasteiger partial charge in [-0.1, -0.05) is 0 Å². The molecule has 0 N–H and O–H groups in total. The Hall–Kier alpha value is -1.80. The summed E-state index contributed by atoms with van der Waals surface area (Å²) in [6.07, 6.45) is -8.88. The van der Waals surface area contributed by atoms with Crippen LogP contribution >= 0.6 is 0 Å². The van der Waals surface area contributed by atoms with E-state index in [0.717, 1.165) is 0 Å². The van der Waals surface area contributed by atoms with Crippen LogP contribution in [-0.2, 0) is 10.9 Å². The van der Waals surface area contributed by atoms with Crippen molar-refractivity contribution in [1.82, 2.24) is 4.98 Å². The Bertz CT molecular complexity index is 486. The van der Waals surface area contributed by atoms with E-state index in [4.69, 9.17) is 0 Å². The van der Waals surface area contributed by atoms with E-state index in [-0.39, 0.29) is 12.8 Å². The van der Waals surface area contributed by atoms with Crippen LogP contribution in [0.1, 0.15) is 34.8 Å². The molecule has 106 valence electrons. The van der Waals surface area contributed by atoms with Gasteiger partial charge in [0.25, 0.3) is 6.43 Å². The average Bonchev–Trinajstić information content (AvgIpc) is 2.26. The van der Waals surface area contributed by atoms with Gasteiger partial charge in [-0.15, -0.1) is 0 Å². The lowest BCUT2D eigenvalue weighted by Gasteiger charge is -2.16. The first kappa shape index (κ1) is 15.3. The van der Waals surface area contributed by atoms with Crippen molar-refractivity contribution in [3.8, 4) is 0 Å². The molecule has 0 fully saturated rings. The number of carbonyl (C=O) groups is 1. The maximum Gasteiger partial charge on any atom is 0.417 e. The minimum absolute atomic E-state index is 0.224. The first-order chi connectivity index (χ1) is 8.70. The number of hydrogen-bond acceptors (Lipinski definition) is 3. The van der Waals surface area contributed by atoms with Gasteiger partial charge in [-0.2, -0.15) is 17.6 Å². The van der Waals surface area contributed by atoms with Crippen LogP contribution in [0.4, 0.5) is 26.3 Å². The maximum atomic E-state index is 13.0. The summed E-state index contributed by atoms with van der Waals surface area (Å²) in [5, 5.41) is 0. The van der Waals surface area contributed by atoms with Crippen LogP contribution in [-0.4, -0.2) is 17.6 Å². The van der Waals surface area contributed by atoms with Gasteiger partial charge < -0.3 is 4.74 Å². The highest BCUT2D eigenvalue weighted by Crippen LogP contribution is 2.39. The molecule has 3 nitrogen and oxygen atoms in total. The topological polar surface area (TPSA) is 39.2 Å². The Morgan fingerprint density at radius 1 is 1.42 bits per heavy atom. The van der Waals surface area contributed by atoms with Gasteiger partial charge >= 0.3 is 12.1 Å². The van der Waals surface area contributed by atoms with Crippen LogP contribution in [0, 0.1) is 5.95 Å². The summed E-state index contributed by atoms with van der Waals surface area (Å²) in [5.41, 5.74) is -5.27. The molecule has 0 atom stereocenters. The van der Waals surface area contributed by atoms with Crippen molar-refractivity contribution in [3.05, 3.63) is 28.8 Å². The third kappa shape index (κ3) is 3.15. The first-order valence-electron chi connectivity index (χ1n) is 4.91. The number of carbonyl (C=O) groups excluding carboxylic acids is 1. The third-order valence-electron chi connectivity index (χ3n) is 2.06. The van der Waals surface area contributed by atoms with E-state index in [1.165, 1.54) is 6.92 Å². The fourth-order valence-electron chi connectivity index (χ4n) is 1.37. The Morgan fingerprint density at radius 3 is 2.42 bits per heavy atom. The quantitative estimate of drug-likeness (QED) is 0.486. The van der Waals surface area contributed by atoms with Crippen LogP contribution in [0.25, 0.3) is 0 Å². The van der Waals surface area contributed by atoms with Gasteiger partial charge in [0.15, 0.2) is 0 Å². The fourth-order valence-corrected chi connectivity index (χ4v) is 1.37. The second-order valence-electron chi connectivity index (χ2n) is 3.27. The Morgan fingerprint density at radius 2 is 2.00 bits per heavy atom. The average molecular weight is 287 g/mol. The maximum absolute atomic E-state index is 13.0. The normalized spacial score (nSPS) is 11.8. The van der Waals surface area contributed by atoms with E-state index in [2.05, 4.69) is 9.72 Å². The molecule has 0 aromatic carbocycles. The summed E-state index contributed by atoms with van der Waals surface area (Å²) >= 11 is 0. The highest BCUT2D eigenvalue weighted by molar-refractivity contribution is 5.91. The summed E-state index contributed by atoms with van der Waals surface area (Å²) in [7, 11) is 0. The lowest BCUT2D eigenvalue weighted by molar-refractivity contribution is -0.140. The van der Waals surface area contributed by atoms with Crippen molar-refractivity contribution in [2.24, 2.45) is 0 Å². The molecule has 0 aliphatic rings. The zero-order valence-electron chi connectivity index (χ0n) is 9.39. The van der Waals surface area contributed by atoms with Crippen LogP contribution in [0.15, 0.2) is 6.20 Å². The van der Waals surface area contributed by atoms with Crippen LogP contribution in [0.3, 0.4) is 0 Å². The number of alkyl halides is 5. The molecule has 0 saturated heterocycles. The molecule has 0 aliphatic carbocycles. The molecule has 0 bridgehead atoms. The monoisotopic (exact) mass is 287 g/mol. The fraction of sp³-hybridized carbons (Fsp3) is 0.400. The van der Waals surface area contributed by atoms with E-state index in [0.29, 0.717) is 0 Å². The lowest BCUT2D eigenvalue weighted by Crippen LogP contribution is -2.20. The molecular formula is C10H7F6NO2. The number of halogens is 6. The van der Waals surface area contributed by atoms with Gasteiger partial charge in [0.05, 0.1) is 23.3 Å². The lowest BCUT2D eigenvalue weighted by atomic mass is 10.0. The molecule has 1 heterocycles. The number of rotatable bonds is 3. The molecule has 0 spiro atoms. The second kappa shape index (κ2) is 5.45. The Labute approximate surface area is 103 Å². The summed E-state index contributed by atoms with van der Waals surface area (Å²) < 4.78 is 80.5. The van der Waals surface area contributed by atoms with E-state index in [1.54, 1.807) is 0 Å². The number of ether oxygens (including phenoxy) is 1. The van der Waals surface area contributed by atoms with Gasteiger partial charge in [-0.25, -0.2) is 18.6 Å². The minimum Gasteiger partial charge on any atom is -0.462 e. The summed E-state index contributed by atoms with van der Waals surface area (Å²) in [5.74, 6) is -3.47. The second-order valence-corrected chi connectivity index (χ2v) is 3.27. The van der Waals surface area contributed by atoms with Gasteiger partial charge in [0.2, 0.25) is 5.95 Å². The molecular weight excluding hydrogens is 280 g/mol. The molecule has 0 radical (unpaired) electrons. The minimum atomic E-state index is -5.34. The highest BCUT2D eigenvalue weighted by atomic mass is 19.4. The zero-order chi connectivity index (χ0) is 14.8. The molecule has 1 aromatic rings. The standard InChI is InChI=1S/C10H7F6NO2/c1-2-19-9(18)4-3-17-8(13)5(7(11)12)6(4)10(14,15)16/h3,7H,2H2,1H3. The Kier molecular flexibility index (Phi) is 4.38. The third-order valence-corrected chi connectivity index (χ3v) is 2.06. The summed E-state index contributed by atoms with van der Waals surface area (Å²) in [6.45, 7) is 1.05. The summed E-state index contributed by atoms with van der Waals surface area (Å²) in [6, 6.07) is 0. The number of hydrogen-bond donors (Lipinski definition) is 0. The van der Waals surface area contributed by atoms with Gasteiger partial charge in [-0.05, 0) is 6.92 Å². The predicted molar refractivity (Wildman–Crippen MR) is 50.1 cm³/mol. The van der Waals surface area contributed by atoms with Crippen molar-refractivity contribution in [2.75, 3.05) is 6.61 Å². The van der Waals surface area contributed by atoms with E-state index >= 15 is 0 Å². The first-order valence-corrected chi connectivity index (χ1v) is 4.91. The van der Waals surface area contributed by atoms with Crippen LogP contribution in [0.2, 0.25) is 0 Å². The van der Waals surface area contributed by atoms with Crippen LogP contribution < -0.4 is 0 Å². The molecule has 1 rings (SSSR count). The number of nitrogens with zero attached hydrogens (tertiary/aromatic N) is 1. The molecule has 0 unspecified atom stereocenters. The molecule has 19 heavy (non-hydrogen) atoms. The highest BCUT2D eigenvalue weighted by Gasteiger charge is 2.42. The smallest absolute Gasteiger partial charge is 0.417 e. The van der Waals surface area contributed by atoms with Crippen molar-refractivity contribution in [2.45, 2.75) is 19.5 Å². The van der Waals surface area contributed by atoms with Gasteiger partial charge in [0, 0.05) is 6.20 Å². The van der Waals surface area contributed by atoms with Crippen LogP contribution in [0.5, 0.6) is 0 Å². The molecule has 0 aliphatic heterocycles. The van der Waals surface area contributed by atoms with E-state index in [9.17, 15) is 31.1 Å². The Balaban J connectivity index is 3.57. The number of esters is 1. The van der Waals surface area contributed by atoms with Gasteiger partial charge in [0.1, 0.15) is 0 Å². The molecule has 0 amide bonds. The zero-order valence-corrected chi connectivity index (χ0v) is 9.39. The van der Waals surface area contributed by atoms with Crippen molar-refractivity contribution < 1.29 is 35.9 Å². The van der Waals surface area contributed by atoms with Crippen molar-refractivity contribution in [1.29, 1.82) is 0 Å². The predicted octanol–water partition coefficient (Wildman–Crippen LogP) is 3.35. The number of pyridine rings is 1. The van der Waals surface area contributed by atoms with E-state index < -0.39 is 41.2 Å². The molecule has 1 aromatic heterocycles. The largest absolute Gasteiger partial charge is 0.462 e. The number of aromatic nitrogens is 1. The SMILES string of the molecule is CCOC(=O)c1cnc(F)c(C(F)F)c1C(F)(F)F. The van der Waals surface area contributed by atoms with Crippen molar-refractivity contribution in [3.63, 3.8) is 0 Å². The summed E-state index contributed by atoms with van der Waals surface area (Å²) in [4.78, 5) is 14.0. The van der Waals surface area contributed by atoms with Crippen molar-refractivity contribution >= 4 is 5.97 Å². The van der Waals surface area contributed by atoms with Gasteiger partial charge in [-0.3, -0.25) is 0 Å². The molecule has 9 heteroatoms. The van der Waals surface area contributed by atoms with E-state index in [1.807, 2.05) is 0 Å².